The van der Waals surface area contributed by atoms with Crippen LogP contribution in [-0.4, -0.2) is 39.9 Å². The van der Waals surface area contributed by atoms with Crippen LogP contribution in [0.3, 0.4) is 0 Å². The molecular weight excluding hydrogens is 316 g/mol. The highest BCUT2D eigenvalue weighted by atomic mass is 16.6. The second-order valence-corrected chi connectivity index (χ2v) is 7.81. The minimum absolute atomic E-state index is 0.209. The van der Waals surface area contributed by atoms with E-state index in [4.69, 9.17) is 4.74 Å². The molecule has 0 bridgehead atoms. The smallest absolute Gasteiger partial charge is 0.157 e. The molecule has 3 N–H and O–H groups in total. The zero-order valence-electron chi connectivity index (χ0n) is 16.4. The van der Waals surface area contributed by atoms with Crippen LogP contribution in [0.2, 0.25) is 0 Å². The van der Waals surface area contributed by atoms with Crippen molar-refractivity contribution in [3.05, 3.63) is 0 Å². The van der Waals surface area contributed by atoms with Crippen LogP contribution in [0.25, 0.3) is 0 Å². The molecule has 4 heteroatoms. The first-order chi connectivity index (χ1) is 12.1. The molecular formula is C21H42O4. The molecule has 4 nitrogen and oxygen atoms in total. The maximum absolute atomic E-state index is 10.0. The molecule has 0 aromatic carbocycles. The molecule has 150 valence electrons. The number of hydrogen-bond acceptors (Lipinski definition) is 4. The van der Waals surface area contributed by atoms with Gasteiger partial charge in [-0.05, 0) is 6.42 Å². The molecule has 1 fully saturated rings. The number of ether oxygens (including phenoxy) is 1. The van der Waals surface area contributed by atoms with Crippen molar-refractivity contribution in [1.29, 1.82) is 0 Å². The Bertz CT molecular complexity index is 298. The minimum atomic E-state index is -0.925. The van der Waals surface area contributed by atoms with Gasteiger partial charge in [0.2, 0.25) is 0 Å². The van der Waals surface area contributed by atoms with E-state index < -0.39 is 24.6 Å². The minimum Gasteiger partial charge on any atom is -0.390 e. The Balaban J connectivity index is 1.80. The van der Waals surface area contributed by atoms with Gasteiger partial charge in [-0.3, -0.25) is 0 Å². The van der Waals surface area contributed by atoms with Crippen molar-refractivity contribution in [2.75, 3.05) is 0 Å². The number of aliphatic hydroxyl groups excluding tert-OH is 3. The monoisotopic (exact) mass is 358 g/mol. The van der Waals surface area contributed by atoms with Crippen molar-refractivity contribution < 1.29 is 20.1 Å². The summed E-state index contributed by atoms with van der Waals surface area (Å²) in [6.45, 7) is 2.27. The second-order valence-electron chi connectivity index (χ2n) is 7.81. The van der Waals surface area contributed by atoms with E-state index in [2.05, 4.69) is 6.92 Å². The summed E-state index contributed by atoms with van der Waals surface area (Å²) in [5.74, 6) is 0. The average molecular weight is 359 g/mol. The Morgan fingerprint density at radius 2 is 1.20 bits per heavy atom. The van der Waals surface area contributed by atoms with E-state index in [0.29, 0.717) is 6.42 Å². The van der Waals surface area contributed by atoms with Gasteiger partial charge in [0.05, 0.1) is 12.2 Å². The van der Waals surface area contributed by atoms with Gasteiger partial charge in [0.1, 0.15) is 6.10 Å². The van der Waals surface area contributed by atoms with Gasteiger partial charge in [-0.15, -0.1) is 0 Å². The highest BCUT2D eigenvalue weighted by molar-refractivity contribution is 4.83. The van der Waals surface area contributed by atoms with Crippen molar-refractivity contribution in [1.82, 2.24) is 0 Å². The molecule has 1 aliphatic heterocycles. The van der Waals surface area contributed by atoms with E-state index >= 15 is 0 Å². The molecule has 0 amide bonds. The van der Waals surface area contributed by atoms with Crippen LogP contribution in [0.4, 0.5) is 0 Å². The third kappa shape index (κ3) is 11.2. The van der Waals surface area contributed by atoms with E-state index in [1.54, 1.807) is 0 Å². The van der Waals surface area contributed by atoms with Crippen LogP contribution in [0.5, 0.6) is 0 Å². The molecule has 1 rings (SSSR count). The van der Waals surface area contributed by atoms with Crippen LogP contribution < -0.4 is 0 Å². The summed E-state index contributed by atoms with van der Waals surface area (Å²) in [6.07, 6.45) is 16.4. The van der Waals surface area contributed by atoms with E-state index in [1.165, 1.54) is 77.0 Å². The third-order valence-electron chi connectivity index (χ3n) is 5.37. The van der Waals surface area contributed by atoms with Gasteiger partial charge >= 0.3 is 0 Å². The fraction of sp³-hybridized carbons (Fsp3) is 1.00. The first-order valence-electron chi connectivity index (χ1n) is 10.8. The van der Waals surface area contributed by atoms with Gasteiger partial charge in [-0.2, -0.15) is 0 Å². The summed E-state index contributed by atoms with van der Waals surface area (Å²) in [5, 5.41) is 29.1. The van der Waals surface area contributed by atoms with E-state index in [1.807, 2.05) is 0 Å². The van der Waals surface area contributed by atoms with Crippen molar-refractivity contribution in [2.45, 2.75) is 134 Å². The summed E-state index contributed by atoms with van der Waals surface area (Å²) in [4.78, 5) is 0. The van der Waals surface area contributed by atoms with Crippen LogP contribution in [0.15, 0.2) is 0 Å². The molecule has 0 radical (unpaired) electrons. The molecule has 4 atom stereocenters. The van der Waals surface area contributed by atoms with Gasteiger partial charge in [-0.1, -0.05) is 96.8 Å². The Kier molecular flexibility index (Phi) is 13.7. The third-order valence-corrected chi connectivity index (χ3v) is 5.37. The van der Waals surface area contributed by atoms with Crippen LogP contribution >= 0.6 is 0 Å². The second kappa shape index (κ2) is 15.0. The van der Waals surface area contributed by atoms with Crippen molar-refractivity contribution >= 4 is 0 Å². The van der Waals surface area contributed by atoms with Crippen LogP contribution in [0.1, 0.15) is 110 Å². The molecule has 0 spiro atoms. The summed E-state index contributed by atoms with van der Waals surface area (Å²) in [5.41, 5.74) is 0. The SMILES string of the molecule is CCCCCCCCCCCCCCCCC(O)[C@H]1OC(O)C[C@@H]1O. The summed E-state index contributed by atoms with van der Waals surface area (Å²) in [7, 11) is 0. The zero-order valence-corrected chi connectivity index (χ0v) is 16.4. The van der Waals surface area contributed by atoms with Gasteiger partial charge in [0.15, 0.2) is 6.29 Å². The molecule has 2 unspecified atom stereocenters. The van der Waals surface area contributed by atoms with E-state index in [-0.39, 0.29) is 6.42 Å². The van der Waals surface area contributed by atoms with Crippen molar-refractivity contribution in [3.63, 3.8) is 0 Å². The average Bonchev–Trinajstić information content (AvgIpc) is 2.93. The first kappa shape index (κ1) is 22.9. The van der Waals surface area contributed by atoms with Crippen LogP contribution in [-0.2, 0) is 4.74 Å². The van der Waals surface area contributed by atoms with Gasteiger partial charge in [0.25, 0.3) is 0 Å². The van der Waals surface area contributed by atoms with E-state index in [9.17, 15) is 15.3 Å². The Morgan fingerprint density at radius 3 is 1.60 bits per heavy atom. The molecule has 0 aromatic rings. The topological polar surface area (TPSA) is 69.9 Å². The molecule has 1 aliphatic rings. The lowest BCUT2D eigenvalue weighted by Crippen LogP contribution is -2.34. The number of unbranched alkanes of at least 4 members (excludes halogenated alkanes) is 13. The van der Waals surface area contributed by atoms with Crippen molar-refractivity contribution in [3.8, 4) is 0 Å². The normalized spacial score (nSPS) is 24.7. The molecule has 0 aliphatic carbocycles. The molecule has 1 heterocycles. The largest absolute Gasteiger partial charge is 0.390 e. The summed E-state index contributed by atoms with van der Waals surface area (Å²) in [6, 6.07) is 0. The zero-order chi connectivity index (χ0) is 18.3. The van der Waals surface area contributed by atoms with E-state index in [0.717, 1.165) is 12.8 Å². The fourth-order valence-corrected chi connectivity index (χ4v) is 3.73. The highest BCUT2D eigenvalue weighted by Gasteiger charge is 2.37. The summed E-state index contributed by atoms with van der Waals surface area (Å²) < 4.78 is 5.16. The predicted molar refractivity (Wildman–Crippen MR) is 102 cm³/mol. The van der Waals surface area contributed by atoms with Gasteiger partial charge in [-0.25, -0.2) is 0 Å². The standard InChI is InChI=1S/C21H42O4/c1-2-3-4-5-6-7-8-9-10-11-12-13-14-15-16-18(22)21-19(23)17-20(24)25-21/h18-24H,2-17H2,1H3/t18?,19-,20?,21+/m0/s1. The summed E-state index contributed by atoms with van der Waals surface area (Å²) >= 11 is 0. The van der Waals surface area contributed by atoms with Gasteiger partial charge < -0.3 is 20.1 Å². The molecule has 1 saturated heterocycles. The quantitative estimate of drug-likeness (QED) is 0.350. The lowest BCUT2D eigenvalue weighted by molar-refractivity contribution is -0.131. The molecule has 0 saturated carbocycles. The number of rotatable bonds is 16. The highest BCUT2D eigenvalue weighted by Crippen LogP contribution is 2.24. The lowest BCUT2D eigenvalue weighted by Gasteiger charge is -2.20. The van der Waals surface area contributed by atoms with Crippen molar-refractivity contribution in [2.24, 2.45) is 0 Å². The molecule has 0 aromatic heterocycles. The number of aliphatic hydroxyl groups is 3. The Labute approximate surface area is 155 Å². The predicted octanol–water partition coefficient (Wildman–Crippen LogP) is 4.69. The maximum Gasteiger partial charge on any atom is 0.157 e. The molecule has 25 heavy (non-hydrogen) atoms. The lowest BCUT2D eigenvalue weighted by atomic mass is 10.0. The Hall–Kier alpha value is -0.160. The first-order valence-corrected chi connectivity index (χ1v) is 10.8. The van der Waals surface area contributed by atoms with Crippen LogP contribution in [0, 0.1) is 0 Å². The maximum atomic E-state index is 10.0. The van der Waals surface area contributed by atoms with Gasteiger partial charge in [0, 0.05) is 6.42 Å². The number of hydrogen-bond donors (Lipinski definition) is 3. The Morgan fingerprint density at radius 1 is 0.760 bits per heavy atom. The fourth-order valence-electron chi connectivity index (χ4n) is 3.73.